The van der Waals surface area contributed by atoms with E-state index in [0.717, 1.165) is 58.7 Å². The number of amides is 1. The van der Waals surface area contributed by atoms with Gasteiger partial charge in [0.25, 0.3) is 0 Å². The molecule has 1 amide bonds. The third kappa shape index (κ3) is 5.45. The van der Waals surface area contributed by atoms with Crippen molar-refractivity contribution < 1.29 is 9.53 Å². The van der Waals surface area contributed by atoms with Crippen LogP contribution in [0.1, 0.15) is 39.2 Å². The highest BCUT2D eigenvalue weighted by Crippen LogP contribution is 2.21. The summed E-state index contributed by atoms with van der Waals surface area (Å²) in [6.45, 7) is 12.9. The second-order valence-corrected chi connectivity index (χ2v) is 8.50. The molecule has 0 aliphatic carbocycles. The first-order chi connectivity index (χ1) is 12.4. The molecule has 2 saturated heterocycles. The SMILES string of the molecule is CC(C)(C)OC(=O)N1CCC(N2CCN(Cc3ccccc3)CC2)CC1. The largest absolute Gasteiger partial charge is 0.444 e. The molecule has 2 aliphatic heterocycles. The average molecular weight is 360 g/mol. The van der Waals surface area contributed by atoms with Gasteiger partial charge < -0.3 is 9.64 Å². The second-order valence-electron chi connectivity index (χ2n) is 8.50. The fourth-order valence-corrected chi connectivity index (χ4v) is 3.87. The number of ether oxygens (including phenoxy) is 1. The molecule has 5 nitrogen and oxygen atoms in total. The lowest BCUT2D eigenvalue weighted by Crippen LogP contribution is -2.53. The van der Waals surface area contributed by atoms with Crippen LogP contribution in [0.5, 0.6) is 0 Å². The van der Waals surface area contributed by atoms with Gasteiger partial charge in [-0.25, -0.2) is 4.79 Å². The number of carbonyl (C=O) groups excluding carboxylic acids is 1. The van der Waals surface area contributed by atoms with E-state index < -0.39 is 5.60 Å². The summed E-state index contributed by atoms with van der Waals surface area (Å²) in [7, 11) is 0. The van der Waals surface area contributed by atoms with Crippen LogP contribution < -0.4 is 0 Å². The number of hydrogen-bond donors (Lipinski definition) is 0. The quantitative estimate of drug-likeness (QED) is 0.830. The highest BCUT2D eigenvalue weighted by Gasteiger charge is 2.30. The molecule has 0 N–H and O–H groups in total. The first-order valence-electron chi connectivity index (χ1n) is 9.89. The molecule has 144 valence electrons. The van der Waals surface area contributed by atoms with E-state index in [1.807, 2.05) is 25.7 Å². The van der Waals surface area contributed by atoms with Gasteiger partial charge in [-0.1, -0.05) is 30.3 Å². The molecule has 0 saturated carbocycles. The molecular formula is C21H33N3O2. The first-order valence-corrected chi connectivity index (χ1v) is 9.89. The lowest BCUT2D eigenvalue weighted by Gasteiger charge is -2.42. The van der Waals surface area contributed by atoms with Crippen LogP contribution in [0.4, 0.5) is 4.79 Å². The van der Waals surface area contributed by atoms with Crippen molar-refractivity contribution in [3.05, 3.63) is 35.9 Å². The van der Waals surface area contributed by atoms with E-state index in [4.69, 9.17) is 4.74 Å². The zero-order valence-corrected chi connectivity index (χ0v) is 16.5. The predicted octanol–water partition coefficient (Wildman–Crippen LogP) is 3.20. The number of nitrogens with zero attached hydrogens (tertiary/aromatic N) is 3. The summed E-state index contributed by atoms with van der Waals surface area (Å²) in [6, 6.07) is 11.3. The minimum Gasteiger partial charge on any atom is -0.444 e. The number of carbonyl (C=O) groups is 1. The van der Waals surface area contributed by atoms with Crippen LogP contribution in [0.15, 0.2) is 30.3 Å². The van der Waals surface area contributed by atoms with E-state index in [1.165, 1.54) is 5.56 Å². The van der Waals surface area contributed by atoms with E-state index in [2.05, 4.69) is 40.1 Å². The standard InChI is InChI=1S/C21H33N3O2/c1-21(2,3)26-20(25)24-11-9-19(10-12-24)23-15-13-22(14-16-23)17-18-7-5-4-6-8-18/h4-8,19H,9-17H2,1-3H3. The summed E-state index contributed by atoms with van der Waals surface area (Å²) in [4.78, 5) is 19.2. The van der Waals surface area contributed by atoms with E-state index in [1.54, 1.807) is 0 Å². The van der Waals surface area contributed by atoms with Crippen LogP contribution in [0, 0.1) is 0 Å². The molecule has 1 aromatic rings. The van der Waals surface area contributed by atoms with Crippen LogP contribution in [0.2, 0.25) is 0 Å². The molecule has 3 rings (SSSR count). The Morgan fingerprint density at radius 2 is 1.62 bits per heavy atom. The molecule has 2 fully saturated rings. The number of piperidine rings is 1. The van der Waals surface area contributed by atoms with Crippen molar-refractivity contribution in [1.29, 1.82) is 0 Å². The van der Waals surface area contributed by atoms with E-state index in [-0.39, 0.29) is 6.09 Å². The second kappa shape index (κ2) is 8.40. The third-order valence-electron chi connectivity index (χ3n) is 5.29. The molecule has 0 bridgehead atoms. The summed E-state index contributed by atoms with van der Waals surface area (Å²) in [5.74, 6) is 0. The van der Waals surface area contributed by atoms with Crippen molar-refractivity contribution in [2.45, 2.75) is 51.8 Å². The molecule has 1 aromatic carbocycles. The fraction of sp³-hybridized carbons (Fsp3) is 0.667. The first kappa shape index (κ1) is 19.2. The molecule has 0 atom stereocenters. The Kier molecular flexibility index (Phi) is 6.20. The number of rotatable bonds is 3. The third-order valence-corrected chi connectivity index (χ3v) is 5.29. The molecule has 0 unspecified atom stereocenters. The summed E-state index contributed by atoms with van der Waals surface area (Å²) in [5.41, 5.74) is 0.981. The van der Waals surface area contributed by atoms with Crippen molar-refractivity contribution in [1.82, 2.24) is 14.7 Å². The highest BCUT2D eigenvalue weighted by molar-refractivity contribution is 5.68. The maximum absolute atomic E-state index is 12.2. The van der Waals surface area contributed by atoms with Gasteiger partial charge in [0.15, 0.2) is 0 Å². The molecule has 2 heterocycles. The fourth-order valence-electron chi connectivity index (χ4n) is 3.87. The Bertz CT molecular complexity index is 569. The molecular weight excluding hydrogens is 326 g/mol. The molecule has 5 heteroatoms. The van der Waals surface area contributed by atoms with Crippen molar-refractivity contribution in [3.8, 4) is 0 Å². The zero-order chi connectivity index (χ0) is 18.6. The van der Waals surface area contributed by atoms with Crippen molar-refractivity contribution in [2.24, 2.45) is 0 Å². The topological polar surface area (TPSA) is 36.0 Å². The monoisotopic (exact) mass is 359 g/mol. The van der Waals surface area contributed by atoms with Crippen molar-refractivity contribution >= 4 is 6.09 Å². The maximum atomic E-state index is 12.2. The number of benzene rings is 1. The van der Waals surface area contributed by atoms with Gasteiger partial charge >= 0.3 is 6.09 Å². The van der Waals surface area contributed by atoms with Crippen LogP contribution in [-0.4, -0.2) is 71.7 Å². The molecule has 0 radical (unpaired) electrons. The zero-order valence-electron chi connectivity index (χ0n) is 16.5. The van der Waals surface area contributed by atoms with Gasteiger partial charge in [-0.05, 0) is 39.2 Å². The number of likely N-dealkylation sites (tertiary alicyclic amines) is 1. The van der Waals surface area contributed by atoms with Gasteiger partial charge in [-0.15, -0.1) is 0 Å². The number of piperazine rings is 1. The van der Waals surface area contributed by atoms with Gasteiger partial charge in [0.1, 0.15) is 5.60 Å². The van der Waals surface area contributed by atoms with Crippen LogP contribution in [-0.2, 0) is 11.3 Å². The summed E-state index contributed by atoms with van der Waals surface area (Å²) < 4.78 is 5.50. The van der Waals surface area contributed by atoms with E-state index in [9.17, 15) is 4.79 Å². The molecule has 0 aromatic heterocycles. The van der Waals surface area contributed by atoms with Crippen LogP contribution in [0.3, 0.4) is 0 Å². The smallest absolute Gasteiger partial charge is 0.410 e. The minimum atomic E-state index is -0.414. The van der Waals surface area contributed by atoms with Gasteiger partial charge in [0.2, 0.25) is 0 Å². The van der Waals surface area contributed by atoms with E-state index in [0.29, 0.717) is 6.04 Å². The van der Waals surface area contributed by atoms with Crippen LogP contribution in [0.25, 0.3) is 0 Å². The minimum absolute atomic E-state index is 0.163. The molecule has 0 spiro atoms. The average Bonchev–Trinajstić information content (AvgIpc) is 2.62. The Morgan fingerprint density at radius 1 is 1.00 bits per heavy atom. The Hall–Kier alpha value is -1.59. The van der Waals surface area contributed by atoms with Gasteiger partial charge in [-0.2, -0.15) is 0 Å². The lowest BCUT2D eigenvalue weighted by molar-refractivity contribution is 0.00969. The Balaban J connectivity index is 1.40. The predicted molar refractivity (Wildman–Crippen MR) is 104 cm³/mol. The lowest BCUT2D eigenvalue weighted by atomic mass is 10.0. The number of hydrogen-bond acceptors (Lipinski definition) is 4. The maximum Gasteiger partial charge on any atom is 0.410 e. The highest BCUT2D eigenvalue weighted by atomic mass is 16.6. The Morgan fingerprint density at radius 3 is 2.19 bits per heavy atom. The van der Waals surface area contributed by atoms with E-state index >= 15 is 0 Å². The van der Waals surface area contributed by atoms with Crippen molar-refractivity contribution in [3.63, 3.8) is 0 Å². The van der Waals surface area contributed by atoms with Gasteiger partial charge in [0.05, 0.1) is 0 Å². The van der Waals surface area contributed by atoms with Gasteiger partial charge in [-0.3, -0.25) is 9.80 Å². The molecule has 26 heavy (non-hydrogen) atoms. The Labute approximate surface area is 157 Å². The summed E-state index contributed by atoms with van der Waals surface area (Å²) in [6.07, 6.45) is 1.94. The normalized spacial score (nSPS) is 21.0. The van der Waals surface area contributed by atoms with Gasteiger partial charge in [0, 0.05) is 51.9 Å². The summed E-state index contributed by atoms with van der Waals surface area (Å²) in [5, 5.41) is 0. The van der Waals surface area contributed by atoms with Crippen molar-refractivity contribution in [2.75, 3.05) is 39.3 Å². The molecule has 2 aliphatic rings. The summed E-state index contributed by atoms with van der Waals surface area (Å²) >= 11 is 0. The van der Waals surface area contributed by atoms with Crippen LogP contribution >= 0.6 is 0 Å².